The van der Waals surface area contributed by atoms with Crippen LogP contribution in [0.15, 0.2) is 35.7 Å². The first-order chi connectivity index (χ1) is 11.7. The Kier molecular flexibility index (Phi) is 5.48. The summed E-state index contributed by atoms with van der Waals surface area (Å²) in [5, 5.41) is 15.2. The van der Waals surface area contributed by atoms with Crippen molar-refractivity contribution in [2.45, 2.75) is 25.8 Å². The number of thiazole rings is 1. The van der Waals surface area contributed by atoms with Gasteiger partial charge in [-0.2, -0.15) is 0 Å². The molecule has 1 atom stereocenters. The van der Waals surface area contributed by atoms with Gasteiger partial charge in [-0.1, -0.05) is 30.3 Å². The summed E-state index contributed by atoms with van der Waals surface area (Å²) in [4.78, 5) is 18.9. The van der Waals surface area contributed by atoms with Crippen molar-refractivity contribution in [1.29, 1.82) is 0 Å². The van der Waals surface area contributed by atoms with Gasteiger partial charge in [0.1, 0.15) is 5.01 Å². The predicted molar refractivity (Wildman–Crippen MR) is 95.9 cm³/mol. The zero-order valence-electron chi connectivity index (χ0n) is 13.8. The maximum atomic E-state index is 12.4. The largest absolute Gasteiger partial charge is 0.396 e. The molecule has 1 saturated heterocycles. The van der Waals surface area contributed by atoms with Crippen molar-refractivity contribution in [2.24, 2.45) is 5.92 Å². The number of nitrogens with one attached hydrogen (secondary N) is 1. The highest BCUT2D eigenvalue weighted by atomic mass is 32.1. The van der Waals surface area contributed by atoms with Crippen LogP contribution in [0.1, 0.15) is 30.8 Å². The van der Waals surface area contributed by atoms with E-state index in [1.54, 1.807) is 11.3 Å². The zero-order valence-corrected chi connectivity index (χ0v) is 14.6. The Labute approximate surface area is 146 Å². The van der Waals surface area contributed by atoms with Gasteiger partial charge in [0.15, 0.2) is 0 Å². The molecule has 0 aliphatic carbocycles. The molecule has 5 nitrogen and oxygen atoms in total. The maximum Gasteiger partial charge on any atom is 0.317 e. The van der Waals surface area contributed by atoms with Gasteiger partial charge in [0.2, 0.25) is 0 Å². The Morgan fingerprint density at radius 2 is 2.08 bits per heavy atom. The number of hydrogen-bond acceptors (Lipinski definition) is 4. The smallest absolute Gasteiger partial charge is 0.317 e. The first kappa shape index (κ1) is 16.9. The number of carbonyl (C=O) groups excluding carboxylic acids is 1. The van der Waals surface area contributed by atoms with Crippen molar-refractivity contribution < 1.29 is 9.90 Å². The lowest BCUT2D eigenvalue weighted by molar-refractivity contribution is 0.136. The van der Waals surface area contributed by atoms with E-state index in [1.807, 2.05) is 47.5 Å². The third-order valence-corrected chi connectivity index (χ3v) is 5.49. The molecule has 128 valence electrons. The highest BCUT2D eigenvalue weighted by molar-refractivity contribution is 7.10. The molecule has 24 heavy (non-hydrogen) atoms. The van der Waals surface area contributed by atoms with Gasteiger partial charge in [-0.25, -0.2) is 9.78 Å². The van der Waals surface area contributed by atoms with Crippen molar-refractivity contribution in [1.82, 2.24) is 15.2 Å². The number of nitrogens with zero attached hydrogens (tertiary/aromatic N) is 2. The number of amides is 2. The molecule has 1 unspecified atom stereocenters. The molecule has 1 aliphatic rings. The third-order valence-electron chi connectivity index (χ3n) is 4.46. The molecule has 2 heterocycles. The van der Waals surface area contributed by atoms with Crippen molar-refractivity contribution >= 4 is 17.4 Å². The molecule has 1 aromatic carbocycles. The van der Waals surface area contributed by atoms with E-state index in [0.717, 1.165) is 29.1 Å². The van der Waals surface area contributed by atoms with E-state index in [2.05, 4.69) is 10.3 Å². The monoisotopic (exact) mass is 345 g/mol. The number of urea groups is 1. The fraction of sp³-hybridized carbons (Fsp3) is 0.444. The second kappa shape index (κ2) is 7.77. The summed E-state index contributed by atoms with van der Waals surface area (Å²) < 4.78 is 0. The Morgan fingerprint density at radius 3 is 2.75 bits per heavy atom. The quantitative estimate of drug-likeness (QED) is 0.894. The molecule has 0 radical (unpaired) electrons. The number of rotatable bonds is 4. The Bertz CT molecular complexity index is 666. The minimum atomic E-state index is -0.115. The molecule has 2 N–H and O–H groups in total. The SMILES string of the molecule is CC(NC(=O)N1CCC(CO)CC1)c1nc(-c2ccccc2)cs1. The topological polar surface area (TPSA) is 65.5 Å². The number of carbonyl (C=O) groups is 1. The van der Waals surface area contributed by atoms with Gasteiger partial charge in [0, 0.05) is 30.6 Å². The fourth-order valence-electron chi connectivity index (χ4n) is 2.88. The van der Waals surface area contributed by atoms with E-state index >= 15 is 0 Å². The second-order valence-electron chi connectivity index (χ2n) is 6.22. The summed E-state index contributed by atoms with van der Waals surface area (Å²) in [5.41, 5.74) is 2.03. The normalized spacial score (nSPS) is 16.8. The van der Waals surface area contributed by atoms with Crippen LogP contribution in [0, 0.1) is 5.92 Å². The summed E-state index contributed by atoms with van der Waals surface area (Å²) in [5.74, 6) is 0.332. The van der Waals surface area contributed by atoms with E-state index < -0.39 is 0 Å². The first-order valence-electron chi connectivity index (χ1n) is 8.34. The van der Waals surface area contributed by atoms with Crippen molar-refractivity contribution in [3.8, 4) is 11.3 Å². The summed E-state index contributed by atoms with van der Waals surface area (Å²) in [6.07, 6.45) is 1.74. The number of likely N-dealkylation sites (tertiary alicyclic amines) is 1. The molecule has 0 bridgehead atoms. The van der Waals surface area contributed by atoms with Gasteiger partial charge in [-0.3, -0.25) is 0 Å². The van der Waals surface area contributed by atoms with Crippen LogP contribution in [0.4, 0.5) is 4.79 Å². The third kappa shape index (κ3) is 3.94. The first-order valence-corrected chi connectivity index (χ1v) is 9.22. The van der Waals surface area contributed by atoms with Crippen LogP contribution >= 0.6 is 11.3 Å². The Hall–Kier alpha value is -1.92. The van der Waals surface area contributed by atoms with Gasteiger partial charge in [-0.15, -0.1) is 11.3 Å². The molecule has 0 spiro atoms. The summed E-state index contributed by atoms with van der Waals surface area (Å²) in [6.45, 7) is 3.59. The fourth-order valence-corrected chi connectivity index (χ4v) is 3.72. The van der Waals surface area contributed by atoms with Crippen LogP contribution in [0.5, 0.6) is 0 Å². The molecule has 1 fully saturated rings. The van der Waals surface area contributed by atoms with Crippen LogP contribution in [0.2, 0.25) is 0 Å². The van der Waals surface area contributed by atoms with E-state index in [4.69, 9.17) is 0 Å². The van der Waals surface area contributed by atoms with Crippen LogP contribution < -0.4 is 5.32 Å². The molecule has 1 aliphatic heterocycles. The van der Waals surface area contributed by atoms with Gasteiger partial charge in [0.25, 0.3) is 0 Å². The van der Waals surface area contributed by atoms with Gasteiger partial charge in [-0.05, 0) is 25.7 Å². The van der Waals surface area contributed by atoms with E-state index in [9.17, 15) is 9.90 Å². The van der Waals surface area contributed by atoms with Crippen LogP contribution in [-0.2, 0) is 0 Å². The van der Waals surface area contributed by atoms with E-state index in [1.165, 1.54) is 0 Å². The van der Waals surface area contributed by atoms with Crippen molar-refractivity contribution in [2.75, 3.05) is 19.7 Å². The molecule has 3 rings (SSSR count). The van der Waals surface area contributed by atoms with Gasteiger partial charge in [0.05, 0.1) is 11.7 Å². The molecule has 2 aromatic rings. The predicted octanol–water partition coefficient (Wildman–Crippen LogP) is 3.29. The molecule has 6 heteroatoms. The Balaban J connectivity index is 1.58. The molecular weight excluding hydrogens is 322 g/mol. The minimum Gasteiger partial charge on any atom is -0.396 e. The molecule has 2 amide bonds. The standard InChI is InChI=1S/C18H23N3O2S/c1-13(19-18(23)21-9-7-14(11-22)8-10-21)17-20-16(12-24-17)15-5-3-2-4-6-15/h2-6,12-14,22H,7-11H2,1H3,(H,19,23). The second-order valence-corrected chi connectivity index (χ2v) is 7.11. The average Bonchev–Trinajstić information content (AvgIpc) is 3.13. The van der Waals surface area contributed by atoms with Crippen molar-refractivity contribution in [3.05, 3.63) is 40.7 Å². The average molecular weight is 345 g/mol. The molecular formula is C18H23N3O2S. The van der Waals surface area contributed by atoms with Gasteiger partial charge >= 0.3 is 6.03 Å². The number of aliphatic hydroxyl groups excluding tert-OH is 1. The summed E-state index contributed by atoms with van der Waals surface area (Å²) in [6, 6.07) is 9.89. The maximum absolute atomic E-state index is 12.4. The summed E-state index contributed by atoms with van der Waals surface area (Å²) >= 11 is 1.57. The number of piperidine rings is 1. The number of hydrogen-bond donors (Lipinski definition) is 2. The number of aliphatic hydroxyl groups is 1. The number of benzene rings is 1. The highest BCUT2D eigenvalue weighted by Crippen LogP contribution is 2.25. The number of aromatic nitrogens is 1. The van der Waals surface area contributed by atoms with Crippen LogP contribution in [0.25, 0.3) is 11.3 Å². The van der Waals surface area contributed by atoms with Crippen LogP contribution in [-0.4, -0.2) is 40.7 Å². The lowest BCUT2D eigenvalue weighted by atomic mass is 9.98. The van der Waals surface area contributed by atoms with E-state index in [0.29, 0.717) is 19.0 Å². The Morgan fingerprint density at radius 1 is 1.38 bits per heavy atom. The minimum absolute atomic E-state index is 0.0460. The lowest BCUT2D eigenvalue weighted by Crippen LogP contribution is -2.45. The zero-order chi connectivity index (χ0) is 16.9. The lowest BCUT2D eigenvalue weighted by Gasteiger charge is -2.31. The van der Waals surface area contributed by atoms with Gasteiger partial charge < -0.3 is 15.3 Å². The summed E-state index contributed by atoms with van der Waals surface area (Å²) in [7, 11) is 0. The molecule has 1 aromatic heterocycles. The van der Waals surface area contributed by atoms with Crippen molar-refractivity contribution in [3.63, 3.8) is 0 Å². The molecule has 0 saturated carbocycles. The van der Waals surface area contributed by atoms with Crippen LogP contribution in [0.3, 0.4) is 0 Å². The highest BCUT2D eigenvalue weighted by Gasteiger charge is 2.24. The van der Waals surface area contributed by atoms with E-state index in [-0.39, 0.29) is 18.7 Å².